The summed E-state index contributed by atoms with van der Waals surface area (Å²) < 4.78 is 26.4. The zero-order chi connectivity index (χ0) is 15.5. The molecule has 1 atom stereocenters. The summed E-state index contributed by atoms with van der Waals surface area (Å²) in [6.07, 6.45) is 0. The first-order valence-corrected chi connectivity index (χ1v) is 8.07. The number of hydrogen-bond acceptors (Lipinski definition) is 4. The molecule has 0 aliphatic rings. The first-order chi connectivity index (χ1) is 9.95. The molecule has 6 heteroatoms. The van der Waals surface area contributed by atoms with Crippen LogP contribution in [0.5, 0.6) is 0 Å². The van der Waals surface area contributed by atoms with Gasteiger partial charge in [-0.25, -0.2) is 13.1 Å². The van der Waals surface area contributed by atoms with Gasteiger partial charge < -0.3 is 11.1 Å². The Hall–Kier alpha value is -2.05. The molecule has 4 N–H and O–H groups in total. The fourth-order valence-electron chi connectivity index (χ4n) is 2.15. The maximum Gasteiger partial charge on any atom is 0.242 e. The molecule has 0 heterocycles. The van der Waals surface area contributed by atoms with E-state index in [1.165, 1.54) is 7.05 Å². The maximum absolute atomic E-state index is 12.0. The molecular formula is C15H19N3O2S. The molecule has 0 bridgehead atoms. The molecular weight excluding hydrogens is 286 g/mol. The Kier molecular flexibility index (Phi) is 4.50. The van der Waals surface area contributed by atoms with Gasteiger partial charge in [0, 0.05) is 5.69 Å². The van der Waals surface area contributed by atoms with E-state index in [9.17, 15) is 8.42 Å². The lowest BCUT2D eigenvalue weighted by Crippen LogP contribution is -2.21. The molecule has 1 unspecified atom stereocenters. The van der Waals surface area contributed by atoms with Crippen molar-refractivity contribution in [3.63, 3.8) is 0 Å². The lowest BCUT2D eigenvalue weighted by atomic mass is 10.1. The molecule has 0 saturated heterocycles. The minimum atomic E-state index is -3.51. The quantitative estimate of drug-likeness (QED) is 0.740. The van der Waals surface area contributed by atoms with E-state index in [1.54, 1.807) is 24.3 Å². The van der Waals surface area contributed by atoms with Crippen LogP contribution in [0, 0.1) is 0 Å². The van der Waals surface area contributed by atoms with E-state index in [1.807, 2.05) is 31.2 Å². The molecule has 2 rings (SSSR count). The minimum absolute atomic E-state index is 0.112. The SMILES string of the molecule is CNS(=O)(=O)c1ccccc1NC(C)c1ccccc1N. The minimum Gasteiger partial charge on any atom is -0.398 e. The largest absolute Gasteiger partial charge is 0.398 e. The molecule has 0 aliphatic heterocycles. The van der Waals surface area contributed by atoms with Crippen LogP contribution in [-0.2, 0) is 10.0 Å². The van der Waals surface area contributed by atoms with Gasteiger partial charge in [-0.2, -0.15) is 0 Å². The second kappa shape index (κ2) is 6.15. The molecule has 2 aromatic carbocycles. The highest BCUT2D eigenvalue weighted by molar-refractivity contribution is 7.89. The average Bonchev–Trinajstić information content (AvgIpc) is 2.48. The molecule has 21 heavy (non-hydrogen) atoms. The maximum atomic E-state index is 12.0. The van der Waals surface area contributed by atoms with Gasteiger partial charge in [0.25, 0.3) is 0 Å². The van der Waals surface area contributed by atoms with Crippen molar-refractivity contribution in [3.8, 4) is 0 Å². The fourth-order valence-corrected chi connectivity index (χ4v) is 3.04. The van der Waals surface area contributed by atoms with Gasteiger partial charge in [-0.05, 0) is 37.7 Å². The highest BCUT2D eigenvalue weighted by Crippen LogP contribution is 2.27. The average molecular weight is 305 g/mol. The molecule has 2 aromatic rings. The van der Waals surface area contributed by atoms with Crippen molar-refractivity contribution in [2.24, 2.45) is 0 Å². The Morgan fingerprint density at radius 2 is 1.67 bits per heavy atom. The molecule has 0 amide bonds. The van der Waals surface area contributed by atoms with Crippen molar-refractivity contribution < 1.29 is 8.42 Å². The Morgan fingerprint density at radius 1 is 1.05 bits per heavy atom. The molecule has 0 fully saturated rings. The van der Waals surface area contributed by atoms with Gasteiger partial charge in [0.2, 0.25) is 10.0 Å². The van der Waals surface area contributed by atoms with Crippen LogP contribution in [0.3, 0.4) is 0 Å². The number of hydrogen-bond donors (Lipinski definition) is 3. The third-order valence-corrected chi connectivity index (χ3v) is 4.75. The van der Waals surface area contributed by atoms with Gasteiger partial charge in [-0.15, -0.1) is 0 Å². The molecule has 0 aromatic heterocycles. The molecule has 0 aliphatic carbocycles. The Bertz CT molecular complexity index is 729. The van der Waals surface area contributed by atoms with Crippen LogP contribution in [0.4, 0.5) is 11.4 Å². The van der Waals surface area contributed by atoms with Crippen LogP contribution >= 0.6 is 0 Å². The summed E-state index contributed by atoms with van der Waals surface area (Å²) in [6.45, 7) is 1.94. The third kappa shape index (κ3) is 3.34. The number of nitrogen functional groups attached to an aromatic ring is 1. The lowest BCUT2D eigenvalue weighted by molar-refractivity contribution is 0.588. The van der Waals surface area contributed by atoms with Crippen molar-refractivity contribution in [2.45, 2.75) is 17.9 Å². The Balaban J connectivity index is 2.35. The molecule has 112 valence electrons. The number of benzene rings is 2. The number of anilines is 2. The van der Waals surface area contributed by atoms with Gasteiger partial charge >= 0.3 is 0 Å². The first-order valence-electron chi connectivity index (χ1n) is 6.59. The van der Waals surface area contributed by atoms with Crippen LogP contribution in [0.25, 0.3) is 0 Å². The van der Waals surface area contributed by atoms with Crippen molar-refractivity contribution in [1.82, 2.24) is 4.72 Å². The van der Waals surface area contributed by atoms with Crippen LogP contribution in [0.2, 0.25) is 0 Å². The summed E-state index contributed by atoms with van der Waals surface area (Å²) in [4.78, 5) is 0.217. The number of sulfonamides is 1. The van der Waals surface area contributed by atoms with Gasteiger partial charge in [0.15, 0.2) is 0 Å². The van der Waals surface area contributed by atoms with Crippen molar-refractivity contribution in [2.75, 3.05) is 18.1 Å². The van der Waals surface area contributed by atoms with Gasteiger partial charge in [0.1, 0.15) is 4.90 Å². The van der Waals surface area contributed by atoms with Gasteiger partial charge in [-0.1, -0.05) is 30.3 Å². The zero-order valence-electron chi connectivity index (χ0n) is 12.0. The summed E-state index contributed by atoms with van der Waals surface area (Å²) in [7, 11) is -2.12. The summed E-state index contributed by atoms with van der Waals surface area (Å²) in [5, 5.41) is 3.21. The van der Waals surface area contributed by atoms with E-state index < -0.39 is 10.0 Å². The van der Waals surface area contributed by atoms with Gasteiger partial charge in [-0.3, -0.25) is 0 Å². The lowest BCUT2D eigenvalue weighted by Gasteiger charge is -2.19. The second-order valence-electron chi connectivity index (χ2n) is 4.70. The van der Waals surface area contributed by atoms with E-state index in [-0.39, 0.29) is 10.9 Å². The van der Waals surface area contributed by atoms with E-state index in [2.05, 4.69) is 10.0 Å². The molecule has 5 nitrogen and oxygen atoms in total. The third-order valence-electron chi connectivity index (χ3n) is 3.28. The van der Waals surface area contributed by atoms with Crippen LogP contribution in [0.15, 0.2) is 53.4 Å². The number of nitrogens with one attached hydrogen (secondary N) is 2. The standard InChI is InChI=1S/C15H19N3O2S/c1-11(12-7-3-4-8-13(12)16)18-14-9-5-6-10-15(14)21(19,20)17-2/h3-11,17-18H,16H2,1-2H3. The van der Waals surface area contributed by atoms with Crippen molar-refractivity contribution >= 4 is 21.4 Å². The van der Waals surface area contributed by atoms with Crippen LogP contribution < -0.4 is 15.8 Å². The summed E-state index contributed by atoms with van der Waals surface area (Å²) >= 11 is 0. The number of nitrogens with two attached hydrogens (primary N) is 1. The number of rotatable bonds is 5. The highest BCUT2D eigenvalue weighted by Gasteiger charge is 2.18. The summed E-state index contributed by atoms with van der Waals surface area (Å²) in [5.74, 6) is 0. The Labute approximate surface area is 125 Å². The normalized spacial score (nSPS) is 12.9. The van der Waals surface area contributed by atoms with E-state index in [4.69, 9.17) is 5.73 Å². The predicted octanol–water partition coefficient (Wildman–Crippen LogP) is 2.35. The van der Waals surface area contributed by atoms with E-state index >= 15 is 0 Å². The van der Waals surface area contributed by atoms with Crippen molar-refractivity contribution in [1.29, 1.82) is 0 Å². The fraction of sp³-hybridized carbons (Fsp3) is 0.200. The summed E-state index contributed by atoms with van der Waals surface area (Å²) in [5.41, 5.74) is 8.10. The number of para-hydroxylation sites is 2. The second-order valence-corrected chi connectivity index (χ2v) is 6.55. The summed E-state index contributed by atoms with van der Waals surface area (Å²) in [6, 6.07) is 14.2. The first kappa shape index (κ1) is 15.3. The van der Waals surface area contributed by atoms with E-state index in [0.717, 1.165) is 5.56 Å². The highest BCUT2D eigenvalue weighted by atomic mass is 32.2. The van der Waals surface area contributed by atoms with Gasteiger partial charge in [0.05, 0.1) is 11.7 Å². The van der Waals surface area contributed by atoms with Crippen LogP contribution in [-0.4, -0.2) is 15.5 Å². The molecule has 0 radical (unpaired) electrons. The molecule has 0 spiro atoms. The molecule has 0 saturated carbocycles. The Morgan fingerprint density at radius 3 is 2.33 bits per heavy atom. The predicted molar refractivity (Wildman–Crippen MR) is 85.6 cm³/mol. The van der Waals surface area contributed by atoms with E-state index in [0.29, 0.717) is 11.4 Å². The topological polar surface area (TPSA) is 84.2 Å². The van der Waals surface area contributed by atoms with Crippen molar-refractivity contribution in [3.05, 3.63) is 54.1 Å². The zero-order valence-corrected chi connectivity index (χ0v) is 12.8. The van der Waals surface area contributed by atoms with Crippen LogP contribution in [0.1, 0.15) is 18.5 Å². The monoisotopic (exact) mass is 305 g/mol. The smallest absolute Gasteiger partial charge is 0.242 e.